The molecule has 0 unspecified atom stereocenters. The average molecular weight is 332 g/mol. The number of allylic oxidation sites excluding steroid dienone is 1. The third-order valence-corrected chi connectivity index (χ3v) is 4.04. The van der Waals surface area contributed by atoms with Gasteiger partial charge in [0.15, 0.2) is 6.29 Å². The number of carbonyl (C=O) groups excluding carboxylic acids is 1. The van der Waals surface area contributed by atoms with E-state index >= 15 is 0 Å². The van der Waals surface area contributed by atoms with E-state index in [0.717, 1.165) is 17.6 Å². The molecule has 0 aromatic heterocycles. The van der Waals surface area contributed by atoms with E-state index in [-0.39, 0.29) is 17.7 Å². The number of ether oxygens (including phenoxy) is 3. The van der Waals surface area contributed by atoms with Gasteiger partial charge in [-0.15, -0.1) is 0 Å². The Balaban J connectivity index is 2.15. The van der Waals surface area contributed by atoms with E-state index in [4.69, 9.17) is 14.2 Å². The molecule has 1 fully saturated rings. The van der Waals surface area contributed by atoms with Gasteiger partial charge in [-0.05, 0) is 35.5 Å². The first-order valence-corrected chi connectivity index (χ1v) is 8.61. The molecule has 0 radical (unpaired) electrons. The molecule has 132 valence electrons. The SMILES string of the molecule is CCOC(=O)C=C(CCC1OCCO1)c1ccc(C(C)(C)C)cc1. The minimum absolute atomic E-state index is 0.106. The summed E-state index contributed by atoms with van der Waals surface area (Å²) in [5.74, 6) is -0.305. The fraction of sp³-hybridized carbons (Fsp3) is 0.550. The van der Waals surface area contributed by atoms with Crippen molar-refractivity contribution in [2.45, 2.75) is 52.2 Å². The quantitative estimate of drug-likeness (QED) is 0.581. The van der Waals surface area contributed by atoms with Gasteiger partial charge >= 0.3 is 5.97 Å². The van der Waals surface area contributed by atoms with Crippen LogP contribution < -0.4 is 0 Å². The molecule has 0 amide bonds. The molecule has 0 aliphatic carbocycles. The minimum Gasteiger partial charge on any atom is -0.463 e. The van der Waals surface area contributed by atoms with Crippen molar-refractivity contribution < 1.29 is 19.0 Å². The van der Waals surface area contributed by atoms with Gasteiger partial charge in [-0.3, -0.25) is 0 Å². The molecule has 1 aromatic rings. The first kappa shape index (κ1) is 18.7. The highest BCUT2D eigenvalue weighted by Crippen LogP contribution is 2.27. The maximum absolute atomic E-state index is 11.9. The van der Waals surface area contributed by atoms with Crippen molar-refractivity contribution in [3.63, 3.8) is 0 Å². The molecule has 0 N–H and O–H groups in total. The van der Waals surface area contributed by atoms with E-state index in [2.05, 4.69) is 45.0 Å². The number of carbonyl (C=O) groups is 1. The molecule has 1 aliphatic heterocycles. The van der Waals surface area contributed by atoms with Crippen LogP contribution in [0, 0.1) is 0 Å². The average Bonchev–Trinajstić information content (AvgIpc) is 3.04. The van der Waals surface area contributed by atoms with Crippen molar-refractivity contribution in [3.8, 4) is 0 Å². The van der Waals surface area contributed by atoms with Crippen LogP contribution in [-0.4, -0.2) is 32.1 Å². The maximum Gasteiger partial charge on any atom is 0.331 e. The van der Waals surface area contributed by atoms with Crippen LogP contribution in [0.25, 0.3) is 5.57 Å². The summed E-state index contributed by atoms with van der Waals surface area (Å²) >= 11 is 0. The van der Waals surface area contributed by atoms with Gasteiger partial charge in [0.2, 0.25) is 0 Å². The first-order chi connectivity index (χ1) is 11.4. The highest BCUT2D eigenvalue weighted by Gasteiger charge is 2.18. The Bertz CT molecular complexity index is 560. The highest BCUT2D eigenvalue weighted by atomic mass is 16.7. The van der Waals surface area contributed by atoms with Crippen molar-refractivity contribution >= 4 is 11.5 Å². The van der Waals surface area contributed by atoms with Crippen LogP contribution in [0.3, 0.4) is 0 Å². The van der Waals surface area contributed by atoms with Crippen molar-refractivity contribution in [1.82, 2.24) is 0 Å². The number of hydrogen-bond acceptors (Lipinski definition) is 4. The van der Waals surface area contributed by atoms with Crippen LogP contribution in [0.5, 0.6) is 0 Å². The van der Waals surface area contributed by atoms with E-state index in [1.54, 1.807) is 6.08 Å². The third kappa shape index (κ3) is 5.46. The molecular weight excluding hydrogens is 304 g/mol. The van der Waals surface area contributed by atoms with Crippen molar-refractivity contribution in [1.29, 1.82) is 0 Å². The molecule has 0 saturated carbocycles. The van der Waals surface area contributed by atoms with E-state index in [1.165, 1.54) is 5.56 Å². The fourth-order valence-electron chi connectivity index (χ4n) is 2.66. The topological polar surface area (TPSA) is 44.8 Å². The summed E-state index contributed by atoms with van der Waals surface area (Å²) in [5.41, 5.74) is 3.36. The van der Waals surface area contributed by atoms with E-state index in [0.29, 0.717) is 26.2 Å². The Morgan fingerprint density at radius 2 is 1.83 bits per heavy atom. The standard InChI is InChI=1S/C20H28O4/c1-5-22-18(21)14-16(8-11-19-23-12-13-24-19)15-6-9-17(10-7-15)20(2,3)4/h6-7,9-10,14,19H,5,8,11-13H2,1-4H3. The van der Waals surface area contributed by atoms with Gasteiger partial charge in [0.05, 0.1) is 19.8 Å². The van der Waals surface area contributed by atoms with Crippen LogP contribution in [0.4, 0.5) is 0 Å². The zero-order chi connectivity index (χ0) is 17.6. The Morgan fingerprint density at radius 1 is 1.21 bits per heavy atom. The van der Waals surface area contributed by atoms with Crippen LogP contribution >= 0.6 is 0 Å². The number of hydrogen-bond donors (Lipinski definition) is 0. The largest absolute Gasteiger partial charge is 0.463 e. The molecule has 0 atom stereocenters. The summed E-state index contributed by atoms with van der Waals surface area (Å²) < 4.78 is 16.0. The molecule has 24 heavy (non-hydrogen) atoms. The number of esters is 1. The van der Waals surface area contributed by atoms with Crippen LogP contribution in [-0.2, 0) is 24.4 Å². The van der Waals surface area contributed by atoms with Gasteiger partial charge in [-0.1, -0.05) is 45.0 Å². The summed E-state index contributed by atoms with van der Waals surface area (Å²) in [5, 5.41) is 0. The predicted octanol–water partition coefficient (Wildman–Crippen LogP) is 4.08. The minimum atomic E-state index is -0.305. The lowest BCUT2D eigenvalue weighted by Gasteiger charge is -2.19. The monoisotopic (exact) mass is 332 g/mol. The van der Waals surface area contributed by atoms with Gasteiger partial charge in [-0.2, -0.15) is 0 Å². The molecule has 0 spiro atoms. The Kier molecular flexibility index (Phi) is 6.58. The van der Waals surface area contributed by atoms with Crippen molar-refractivity contribution in [2.75, 3.05) is 19.8 Å². The van der Waals surface area contributed by atoms with Crippen LogP contribution in [0.1, 0.15) is 51.7 Å². The zero-order valence-electron chi connectivity index (χ0n) is 15.1. The van der Waals surface area contributed by atoms with E-state index in [1.807, 2.05) is 6.92 Å². The number of rotatable bonds is 6. The fourth-order valence-corrected chi connectivity index (χ4v) is 2.66. The van der Waals surface area contributed by atoms with E-state index in [9.17, 15) is 4.79 Å². The Labute approximate surface area is 144 Å². The Hall–Kier alpha value is -1.65. The summed E-state index contributed by atoms with van der Waals surface area (Å²) in [6, 6.07) is 8.39. The predicted molar refractivity (Wildman–Crippen MR) is 94.7 cm³/mol. The molecule has 1 aromatic carbocycles. The molecule has 0 bridgehead atoms. The first-order valence-electron chi connectivity index (χ1n) is 8.61. The van der Waals surface area contributed by atoms with Gasteiger partial charge < -0.3 is 14.2 Å². The molecule has 1 aliphatic rings. The van der Waals surface area contributed by atoms with E-state index < -0.39 is 0 Å². The second kappa shape index (κ2) is 8.45. The molecule has 1 saturated heterocycles. The third-order valence-electron chi connectivity index (χ3n) is 4.04. The van der Waals surface area contributed by atoms with Crippen LogP contribution in [0.15, 0.2) is 30.3 Å². The van der Waals surface area contributed by atoms with Gasteiger partial charge in [-0.25, -0.2) is 4.79 Å². The maximum atomic E-state index is 11.9. The molecule has 4 nitrogen and oxygen atoms in total. The normalized spacial score (nSPS) is 16.4. The highest BCUT2D eigenvalue weighted by molar-refractivity contribution is 5.91. The van der Waals surface area contributed by atoms with Crippen molar-refractivity contribution in [3.05, 3.63) is 41.5 Å². The van der Waals surface area contributed by atoms with Crippen LogP contribution in [0.2, 0.25) is 0 Å². The second-order valence-electron chi connectivity index (χ2n) is 6.96. The lowest BCUT2D eigenvalue weighted by Crippen LogP contribution is -2.11. The molecular formula is C20H28O4. The smallest absolute Gasteiger partial charge is 0.331 e. The summed E-state index contributed by atoms with van der Waals surface area (Å²) in [6.45, 7) is 10.0. The van der Waals surface area contributed by atoms with Gasteiger partial charge in [0.1, 0.15) is 0 Å². The Morgan fingerprint density at radius 3 is 2.38 bits per heavy atom. The number of benzene rings is 1. The second-order valence-corrected chi connectivity index (χ2v) is 6.96. The summed E-state index contributed by atoms with van der Waals surface area (Å²) in [6.07, 6.45) is 2.85. The molecule has 4 heteroatoms. The van der Waals surface area contributed by atoms with Crippen molar-refractivity contribution in [2.24, 2.45) is 0 Å². The van der Waals surface area contributed by atoms with Gasteiger partial charge in [0, 0.05) is 12.5 Å². The zero-order valence-corrected chi connectivity index (χ0v) is 15.1. The van der Waals surface area contributed by atoms with Gasteiger partial charge in [0.25, 0.3) is 0 Å². The lowest BCUT2D eigenvalue weighted by atomic mass is 9.86. The summed E-state index contributed by atoms with van der Waals surface area (Å²) in [7, 11) is 0. The lowest BCUT2D eigenvalue weighted by molar-refractivity contribution is -0.137. The summed E-state index contributed by atoms with van der Waals surface area (Å²) in [4.78, 5) is 11.9. The molecule has 1 heterocycles. The molecule has 2 rings (SSSR count).